The maximum Gasteiger partial charge on any atom is 0.129 e. The van der Waals surface area contributed by atoms with Gasteiger partial charge >= 0.3 is 0 Å². The van der Waals surface area contributed by atoms with Crippen molar-refractivity contribution in [3.8, 4) is 5.75 Å². The molecule has 0 bridgehead atoms. The van der Waals surface area contributed by atoms with Gasteiger partial charge in [-0.3, -0.25) is 0 Å². The molecule has 4 nitrogen and oxygen atoms in total. The Morgan fingerprint density at radius 3 is 2.63 bits per heavy atom. The van der Waals surface area contributed by atoms with E-state index >= 15 is 0 Å². The predicted molar refractivity (Wildman–Crippen MR) is 76.3 cm³/mol. The molecule has 0 unspecified atom stereocenters. The Morgan fingerprint density at radius 1 is 1.16 bits per heavy atom. The van der Waals surface area contributed by atoms with Gasteiger partial charge in [-0.25, -0.2) is 9.97 Å². The fraction of sp³-hybridized carbons (Fsp3) is 0.333. The van der Waals surface area contributed by atoms with Gasteiger partial charge in [0.15, 0.2) is 0 Å². The molecule has 0 atom stereocenters. The van der Waals surface area contributed by atoms with E-state index in [4.69, 9.17) is 4.74 Å². The third kappa shape index (κ3) is 3.95. The summed E-state index contributed by atoms with van der Waals surface area (Å²) in [5, 5.41) is 3.31. The highest BCUT2D eigenvalue weighted by molar-refractivity contribution is 5.37. The van der Waals surface area contributed by atoms with Gasteiger partial charge in [0.2, 0.25) is 0 Å². The molecule has 2 aromatic rings. The lowest BCUT2D eigenvalue weighted by Crippen LogP contribution is -2.03. The van der Waals surface area contributed by atoms with Gasteiger partial charge in [0.1, 0.15) is 17.9 Å². The van der Waals surface area contributed by atoms with E-state index in [1.54, 1.807) is 13.4 Å². The van der Waals surface area contributed by atoms with Crippen LogP contribution in [0, 0.1) is 0 Å². The van der Waals surface area contributed by atoms with E-state index in [0.29, 0.717) is 0 Å². The van der Waals surface area contributed by atoms with E-state index in [2.05, 4.69) is 22.2 Å². The van der Waals surface area contributed by atoms with Crippen LogP contribution < -0.4 is 10.1 Å². The summed E-state index contributed by atoms with van der Waals surface area (Å²) in [5.41, 5.74) is 2.27. The van der Waals surface area contributed by atoms with E-state index in [0.717, 1.165) is 36.6 Å². The zero-order valence-corrected chi connectivity index (χ0v) is 11.4. The van der Waals surface area contributed by atoms with Gasteiger partial charge in [0, 0.05) is 18.3 Å². The van der Waals surface area contributed by atoms with Crippen LogP contribution >= 0.6 is 0 Å². The summed E-state index contributed by atoms with van der Waals surface area (Å²) in [6.07, 6.45) is 3.69. The molecule has 0 radical (unpaired) electrons. The van der Waals surface area contributed by atoms with Crippen LogP contribution in [0.5, 0.6) is 5.75 Å². The summed E-state index contributed by atoms with van der Waals surface area (Å²) in [5.74, 6) is 1.74. The Bertz CT molecular complexity index is 511. The molecule has 0 saturated carbocycles. The molecule has 0 amide bonds. The lowest BCUT2D eigenvalue weighted by atomic mass is 10.2. The third-order valence-corrected chi connectivity index (χ3v) is 2.86. The molecule has 1 aromatic carbocycles. The molecule has 0 aliphatic heterocycles. The van der Waals surface area contributed by atoms with Crippen LogP contribution in [0.4, 0.5) is 5.82 Å². The number of hydrogen-bond donors (Lipinski definition) is 1. The average Bonchev–Trinajstić information content (AvgIpc) is 2.46. The monoisotopic (exact) mass is 257 g/mol. The van der Waals surface area contributed by atoms with Crippen molar-refractivity contribution in [3.63, 3.8) is 0 Å². The van der Waals surface area contributed by atoms with Crippen LogP contribution in [0.1, 0.15) is 24.6 Å². The standard InChI is InChI=1S/C15H19N3O/c1-3-4-13-9-15(18-11-17-13)16-10-12-5-7-14(19-2)8-6-12/h5-9,11H,3-4,10H2,1-2H3,(H,16,17,18). The highest BCUT2D eigenvalue weighted by Crippen LogP contribution is 2.13. The molecule has 19 heavy (non-hydrogen) atoms. The quantitative estimate of drug-likeness (QED) is 0.864. The van der Waals surface area contributed by atoms with Gasteiger partial charge in [-0.05, 0) is 24.1 Å². The van der Waals surface area contributed by atoms with Crippen molar-refractivity contribution in [2.24, 2.45) is 0 Å². The van der Waals surface area contributed by atoms with Crippen molar-refractivity contribution in [2.45, 2.75) is 26.3 Å². The molecular weight excluding hydrogens is 238 g/mol. The minimum atomic E-state index is 0.743. The largest absolute Gasteiger partial charge is 0.497 e. The maximum atomic E-state index is 5.13. The first-order chi connectivity index (χ1) is 9.31. The Labute approximate surface area is 113 Å². The van der Waals surface area contributed by atoms with Crippen LogP contribution in [-0.2, 0) is 13.0 Å². The zero-order chi connectivity index (χ0) is 13.5. The molecule has 1 heterocycles. The van der Waals surface area contributed by atoms with Crippen molar-refractivity contribution in [2.75, 3.05) is 12.4 Å². The van der Waals surface area contributed by atoms with E-state index in [1.165, 1.54) is 5.56 Å². The molecule has 4 heteroatoms. The number of nitrogens with zero attached hydrogens (tertiary/aromatic N) is 2. The number of hydrogen-bond acceptors (Lipinski definition) is 4. The maximum absolute atomic E-state index is 5.13. The van der Waals surface area contributed by atoms with Crippen LogP contribution in [-0.4, -0.2) is 17.1 Å². The van der Waals surface area contributed by atoms with Crippen LogP contribution in [0.3, 0.4) is 0 Å². The Morgan fingerprint density at radius 2 is 1.95 bits per heavy atom. The highest BCUT2D eigenvalue weighted by atomic mass is 16.5. The molecule has 0 saturated heterocycles. The first kappa shape index (κ1) is 13.3. The number of aromatic nitrogens is 2. The molecule has 100 valence electrons. The third-order valence-electron chi connectivity index (χ3n) is 2.86. The minimum Gasteiger partial charge on any atom is -0.497 e. The summed E-state index contributed by atoms with van der Waals surface area (Å²) in [4.78, 5) is 8.46. The number of ether oxygens (including phenoxy) is 1. The van der Waals surface area contributed by atoms with Crippen LogP contribution in [0.15, 0.2) is 36.7 Å². The van der Waals surface area contributed by atoms with E-state index in [9.17, 15) is 0 Å². The van der Waals surface area contributed by atoms with Gasteiger partial charge in [-0.15, -0.1) is 0 Å². The van der Waals surface area contributed by atoms with E-state index < -0.39 is 0 Å². The number of rotatable bonds is 6. The van der Waals surface area contributed by atoms with Gasteiger partial charge in [0.05, 0.1) is 7.11 Å². The summed E-state index contributed by atoms with van der Waals surface area (Å²) < 4.78 is 5.13. The molecular formula is C15H19N3O. The zero-order valence-electron chi connectivity index (χ0n) is 11.4. The number of aryl methyl sites for hydroxylation is 1. The predicted octanol–water partition coefficient (Wildman–Crippen LogP) is 3.05. The summed E-state index contributed by atoms with van der Waals surface area (Å²) >= 11 is 0. The minimum absolute atomic E-state index is 0.743. The van der Waals surface area contributed by atoms with Gasteiger partial charge in [-0.1, -0.05) is 25.5 Å². The van der Waals surface area contributed by atoms with Crippen LogP contribution in [0.25, 0.3) is 0 Å². The average molecular weight is 257 g/mol. The Balaban J connectivity index is 1.95. The molecule has 2 rings (SSSR count). The second kappa shape index (κ2) is 6.73. The SMILES string of the molecule is CCCc1cc(NCc2ccc(OC)cc2)ncn1. The molecule has 0 spiro atoms. The molecule has 0 aliphatic carbocycles. The first-order valence-electron chi connectivity index (χ1n) is 6.49. The summed E-state index contributed by atoms with van der Waals surface area (Å²) in [7, 11) is 1.67. The number of methoxy groups -OCH3 is 1. The lowest BCUT2D eigenvalue weighted by molar-refractivity contribution is 0.414. The Kier molecular flexibility index (Phi) is 4.72. The smallest absolute Gasteiger partial charge is 0.129 e. The van der Waals surface area contributed by atoms with Gasteiger partial charge in [0.25, 0.3) is 0 Å². The fourth-order valence-corrected chi connectivity index (χ4v) is 1.82. The number of benzene rings is 1. The van der Waals surface area contributed by atoms with Crippen molar-refractivity contribution < 1.29 is 4.74 Å². The summed E-state index contributed by atoms with van der Waals surface area (Å²) in [6.45, 7) is 2.89. The number of nitrogens with one attached hydrogen (secondary N) is 1. The lowest BCUT2D eigenvalue weighted by Gasteiger charge is -2.07. The van der Waals surface area contributed by atoms with Crippen molar-refractivity contribution in [1.29, 1.82) is 0 Å². The number of anilines is 1. The topological polar surface area (TPSA) is 47.0 Å². The van der Waals surface area contributed by atoms with Gasteiger partial charge in [-0.2, -0.15) is 0 Å². The molecule has 0 fully saturated rings. The van der Waals surface area contributed by atoms with Crippen molar-refractivity contribution >= 4 is 5.82 Å². The van der Waals surface area contributed by atoms with Gasteiger partial charge < -0.3 is 10.1 Å². The van der Waals surface area contributed by atoms with E-state index in [1.807, 2.05) is 30.3 Å². The molecule has 1 N–H and O–H groups in total. The van der Waals surface area contributed by atoms with Crippen LogP contribution in [0.2, 0.25) is 0 Å². The molecule has 0 aliphatic rings. The highest BCUT2D eigenvalue weighted by Gasteiger charge is 1.99. The fourth-order valence-electron chi connectivity index (χ4n) is 1.82. The first-order valence-corrected chi connectivity index (χ1v) is 6.49. The molecule has 1 aromatic heterocycles. The van der Waals surface area contributed by atoms with E-state index in [-0.39, 0.29) is 0 Å². The van der Waals surface area contributed by atoms with Crippen molar-refractivity contribution in [1.82, 2.24) is 9.97 Å². The van der Waals surface area contributed by atoms with Crippen molar-refractivity contribution in [3.05, 3.63) is 47.9 Å². The second-order valence-electron chi connectivity index (χ2n) is 4.35. The normalized spacial score (nSPS) is 10.2. The Hall–Kier alpha value is -2.10. The second-order valence-corrected chi connectivity index (χ2v) is 4.35. The summed E-state index contributed by atoms with van der Waals surface area (Å²) in [6, 6.07) is 10.0.